The van der Waals surface area contributed by atoms with E-state index >= 15 is 0 Å². The highest BCUT2D eigenvalue weighted by molar-refractivity contribution is 7.51. The lowest BCUT2D eigenvalue weighted by Crippen LogP contribution is -2.50. The van der Waals surface area contributed by atoms with Crippen molar-refractivity contribution in [1.82, 2.24) is 14.6 Å². The van der Waals surface area contributed by atoms with Gasteiger partial charge in [-0.15, -0.1) is 0 Å². The zero-order valence-corrected chi connectivity index (χ0v) is 39.0. The van der Waals surface area contributed by atoms with Gasteiger partial charge in [0.1, 0.15) is 35.9 Å². The minimum Gasteiger partial charge on any atom is -0.497 e. The first kappa shape index (κ1) is 51.0. The average molecular weight is 937 g/mol. The lowest BCUT2D eigenvalue weighted by Gasteiger charge is -2.37. The molecule has 1 fully saturated rings. The molecular formula is C46H57N4O15P. The summed E-state index contributed by atoms with van der Waals surface area (Å²) in [6.45, 7) is 4.30. The number of esters is 4. The van der Waals surface area contributed by atoms with Crippen LogP contribution in [0.3, 0.4) is 0 Å². The first-order valence-electron chi connectivity index (χ1n) is 21.2. The van der Waals surface area contributed by atoms with Crippen molar-refractivity contribution < 1.29 is 65.9 Å². The van der Waals surface area contributed by atoms with Crippen molar-refractivity contribution in [3.8, 4) is 5.75 Å². The van der Waals surface area contributed by atoms with Crippen LogP contribution in [-0.2, 0) is 66.8 Å². The van der Waals surface area contributed by atoms with Crippen LogP contribution in [0.5, 0.6) is 5.75 Å². The molecule has 20 heteroatoms. The van der Waals surface area contributed by atoms with Gasteiger partial charge in [-0.2, -0.15) is 4.98 Å². The molecule has 0 radical (unpaired) electrons. The van der Waals surface area contributed by atoms with E-state index in [1.807, 2.05) is 84.9 Å². The van der Waals surface area contributed by atoms with Gasteiger partial charge in [-0.3, -0.25) is 32.8 Å². The van der Waals surface area contributed by atoms with Crippen molar-refractivity contribution in [2.24, 2.45) is 11.3 Å². The van der Waals surface area contributed by atoms with Crippen LogP contribution in [0.15, 0.2) is 102 Å². The molecule has 1 saturated heterocycles. The van der Waals surface area contributed by atoms with E-state index < -0.39 is 98.5 Å². The molecule has 4 aromatic rings. The Morgan fingerprint density at radius 2 is 1.39 bits per heavy atom. The van der Waals surface area contributed by atoms with Crippen molar-refractivity contribution in [3.63, 3.8) is 0 Å². The summed E-state index contributed by atoms with van der Waals surface area (Å²) >= 11 is 0. The molecule has 0 spiro atoms. The molecule has 0 bridgehead atoms. The second kappa shape index (κ2) is 23.0. The lowest BCUT2D eigenvalue weighted by atomic mass is 9.77. The molecule has 0 saturated carbocycles. The summed E-state index contributed by atoms with van der Waals surface area (Å²) in [5.41, 5.74) is -1.58. The zero-order chi connectivity index (χ0) is 48.1. The van der Waals surface area contributed by atoms with Crippen LogP contribution in [0.25, 0.3) is 0 Å². The van der Waals surface area contributed by atoms with E-state index in [9.17, 15) is 28.5 Å². The minimum absolute atomic E-state index is 0.186. The Hall–Kier alpha value is -5.95. The average Bonchev–Trinajstić information content (AvgIpc) is 3.64. The normalized spacial score (nSPS) is 18.6. The number of aromatic nitrogens is 2. The summed E-state index contributed by atoms with van der Waals surface area (Å²) in [6.07, 6.45) is -1.24. The van der Waals surface area contributed by atoms with Gasteiger partial charge in [0.15, 0.2) is 6.23 Å². The van der Waals surface area contributed by atoms with Crippen LogP contribution in [0.4, 0.5) is 5.82 Å². The highest BCUT2D eigenvalue weighted by atomic mass is 31.2. The first-order valence-corrected chi connectivity index (χ1v) is 22.7. The maximum absolute atomic E-state index is 14.6. The maximum atomic E-state index is 14.6. The maximum Gasteiger partial charge on any atom is 0.406 e. The predicted molar refractivity (Wildman–Crippen MR) is 238 cm³/mol. The van der Waals surface area contributed by atoms with Gasteiger partial charge < -0.3 is 38.5 Å². The van der Waals surface area contributed by atoms with Crippen LogP contribution < -0.4 is 20.8 Å². The second-order valence-electron chi connectivity index (χ2n) is 15.2. The summed E-state index contributed by atoms with van der Waals surface area (Å²) in [5, 5.41) is 6.05. The molecular weight excluding hydrogens is 879 g/mol. The number of nitrogens with one attached hydrogen (secondary N) is 2. The summed E-state index contributed by atoms with van der Waals surface area (Å²) in [5.74, 6) is -3.70. The van der Waals surface area contributed by atoms with E-state index in [-0.39, 0.29) is 19.0 Å². The molecule has 356 valence electrons. The fourth-order valence-corrected chi connectivity index (χ4v) is 9.01. The minimum atomic E-state index is -4.74. The highest BCUT2D eigenvalue weighted by Crippen LogP contribution is 2.48. The zero-order valence-electron chi connectivity index (χ0n) is 38.1. The third-order valence-electron chi connectivity index (χ3n) is 11.0. The van der Waals surface area contributed by atoms with Gasteiger partial charge in [-0.25, -0.2) is 14.4 Å². The first-order chi connectivity index (χ1) is 31.6. The SMILES string of the molecule is CCOC(=O)C(COC(C)=O)(COP(=O)(N[C@@H](C)C(=O)OC)OC[C@H]1O[C@@H](n2ccc(NC(c3ccccc3)(c3ccccc3)c3ccc(OC)cc3)nc2=O)[C@@H](OC)C1C)C(=O)OCC. The van der Waals surface area contributed by atoms with Gasteiger partial charge in [-0.1, -0.05) is 79.7 Å². The van der Waals surface area contributed by atoms with Crippen molar-refractivity contribution in [2.75, 3.05) is 59.7 Å². The van der Waals surface area contributed by atoms with Gasteiger partial charge in [0.05, 0.1) is 46.8 Å². The monoisotopic (exact) mass is 936 g/mol. The van der Waals surface area contributed by atoms with Crippen LogP contribution in [0.1, 0.15) is 57.5 Å². The van der Waals surface area contributed by atoms with Crippen LogP contribution in [0.2, 0.25) is 0 Å². The Balaban J connectivity index is 1.45. The molecule has 3 aromatic carbocycles. The van der Waals surface area contributed by atoms with Crippen LogP contribution in [0, 0.1) is 11.3 Å². The molecule has 2 N–H and O–H groups in total. The Labute approximate surface area is 382 Å². The van der Waals surface area contributed by atoms with Crippen molar-refractivity contribution >= 4 is 37.4 Å². The summed E-state index contributed by atoms with van der Waals surface area (Å²) in [4.78, 5) is 69.7. The van der Waals surface area contributed by atoms with Crippen molar-refractivity contribution in [3.05, 3.63) is 124 Å². The number of carbonyl (C=O) groups is 4. The van der Waals surface area contributed by atoms with E-state index in [4.69, 9.17) is 42.2 Å². The van der Waals surface area contributed by atoms with Gasteiger partial charge >= 0.3 is 37.3 Å². The van der Waals surface area contributed by atoms with Gasteiger partial charge in [0, 0.05) is 26.1 Å². The number of benzene rings is 3. The van der Waals surface area contributed by atoms with Gasteiger partial charge in [0.2, 0.25) is 5.41 Å². The number of methoxy groups -OCH3 is 3. The molecule has 0 aliphatic carbocycles. The fraction of sp³-hybridized carbons (Fsp3) is 0.435. The van der Waals surface area contributed by atoms with E-state index in [0.29, 0.717) is 5.75 Å². The van der Waals surface area contributed by atoms with E-state index in [2.05, 4.69) is 15.4 Å². The number of rotatable bonds is 23. The smallest absolute Gasteiger partial charge is 0.406 e. The molecule has 6 atom stereocenters. The number of ether oxygens (including phenoxy) is 7. The Bertz CT molecular complexity index is 2310. The van der Waals surface area contributed by atoms with Crippen LogP contribution in [-0.4, -0.2) is 106 Å². The Kier molecular flexibility index (Phi) is 17.8. The molecule has 19 nitrogen and oxygen atoms in total. The summed E-state index contributed by atoms with van der Waals surface area (Å²) in [7, 11) is -0.595. The molecule has 1 aromatic heterocycles. The topological polar surface area (TPSA) is 227 Å². The standard InChI is InChI=1S/C46H57N4O15P/c1-9-60-42(53)45(28-62-32(5)51,43(54)61-10-2)29-64-66(56,49-31(4)41(52)59-8)63-27-37-30(3)39(58-7)40(65-37)50-26-25-38(47-44(50)55)48-46(33-17-13-11-14-18-33,34-19-15-12-16-20-34)35-21-23-36(57-6)24-22-35/h11-26,30-31,37,39-40H,9-10,27-29H2,1-8H3,(H,49,56)(H,47,48,55)/t30?,31-,37+,39-,40+,66?/m0/s1. The van der Waals surface area contributed by atoms with Crippen molar-refractivity contribution in [1.29, 1.82) is 0 Å². The third-order valence-corrected chi connectivity index (χ3v) is 12.6. The lowest BCUT2D eigenvalue weighted by molar-refractivity contribution is -0.181. The van der Waals surface area contributed by atoms with E-state index in [0.717, 1.165) is 30.7 Å². The second-order valence-corrected chi connectivity index (χ2v) is 17.0. The third kappa shape index (κ3) is 11.5. The molecule has 1 aliphatic rings. The van der Waals surface area contributed by atoms with E-state index in [1.54, 1.807) is 20.1 Å². The molecule has 5 rings (SSSR count). The number of carbonyl (C=O) groups excluding carboxylic acids is 4. The Morgan fingerprint density at radius 3 is 1.89 bits per heavy atom. The van der Waals surface area contributed by atoms with Crippen LogP contribution >= 0.6 is 7.75 Å². The van der Waals surface area contributed by atoms with Crippen molar-refractivity contribution in [2.45, 2.75) is 64.6 Å². The Morgan fingerprint density at radius 1 is 0.818 bits per heavy atom. The quantitative estimate of drug-likeness (QED) is 0.0321. The molecule has 1 aliphatic heterocycles. The molecule has 0 amide bonds. The predicted octanol–water partition coefficient (Wildman–Crippen LogP) is 5.17. The number of hydrogen-bond donors (Lipinski definition) is 2. The largest absolute Gasteiger partial charge is 0.497 e. The number of hydrogen-bond acceptors (Lipinski definition) is 17. The summed E-state index contributed by atoms with van der Waals surface area (Å²) in [6, 6.07) is 27.5. The van der Waals surface area contributed by atoms with E-state index in [1.165, 1.54) is 38.6 Å². The molecule has 66 heavy (non-hydrogen) atoms. The molecule has 2 unspecified atom stereocenters. The summed E-state index contributed by atoms with van der Waals surface area (Å²) < 4.78 is 65.2. The highest BCUT2D eigenvalue weighted by Gasteiger charge is 2.53. The fourth-order valence-electron chi connectivity index (χ4n) is 7.47. The van der Waals surface area contributed by atoms with Gasteiger partial charge in [-0.05, 0) is 55.7 Å². The number of nitrogens with zero attached hydrogens (tertiary/aromatic N) is 2. The molecule has 2 heterocycles. The number of anilines is 1. The van der Waals surface area contributed by atoms with Gasteiger partial charge in [0.25, 0.3) is 0 Å².